The Hall–Kier alpha value is -1.74. The zero-order chi connectivity index (χ0) is 12.8. The molecule has 0 saturated carbocycles. The van der Waals surface area contributed by atoms with E-state index < -0.39 is 0 Å². The van der Waals surface area contributed by atoms with Crippen LogP contribution in [0.2, 0.25) is 0 Å². The summed E-state index contributed by atoms with van der Waals surface area (Å²) in [6, 6.07) is 15.7. The molecule has 0 atom stereocenters. The lowest BCUT2D eigenvalue weighted by Gasteiger charge is -2.08. The molecular formula is C15H15NOS. The van der Waals surface area contributed by atoms with Crippen molar-refractivity contribution in [1.29, 1.82) is 0 Å². The van der Waals surface area contributed by atoms with Gasteiger partial charge in [-0.25, -0.2) is 0 Å². The number of benzene rings is 2. The Bertz CT molecular complexity index is 537. The fourth-order valence-corrected chi connectivity index (χ4v) is 1.78. The topological polar surface area (TPSA) is 21.6 Å². The third-order valence-corrected chi connectivity index (χ3v) is 2.75. The zero-order valence-corrected chi connectivity index (χ0v) is 11.3. The van der Waals surface area contributed by atoms with E-state index >= 15 is 0 Å². The van der Waals surface area contributed by atoms with Gasteiger partial charge < -0.3 is 4.74 Å². The number of thioether (sulfide) groups is 1. The van der Waals surface area contributed by atoms with Gasteiger partial charge in [0, 0.05) is 0 Å². The largest absolute Gasteiger partial charge is 0.457 e. The van der Waals surface area contributed by atoms with E-state index in [0.717, 1.165) is 22.7 Å². The molecule has 0 unspecified atom stereocenters. The molecule has 0 aliphatic carbocycles. The number of aliphatic imine (C=N–C) groups is 1. The van der Waals surface area contributed by atoms with Gasteiger partial charge in [0.2, 0.25) is 0 Å². The lowest BCUT2D eigenvalue weighted by atomic mass is 10.2. The number of hydrogen-bond acceptors (Lipinski definition) is 3. The van der Waals surface area contributed by atoms with Crippen LogP contribution in [0.25, 0.3) is 0 Å². The Balaban J connectivity index is 2.17. The van der Waals surface area contributed by atoms with Crippen molar-refractivity contribution in [1.82, 2.24) is 0 Å². The van der Waals surface area contributed by atoms with Gasteiger partial charge in [-0.05, 0) is 49.1 Å². The van der Waals surface area contributed by atoms with E-state index in [9.17, 15) is 0 Å². The summed E-state index contributed by atoms with van der Waals surface area (Å²) in [6.07, 6.45) is 1.99. The van der Waals surface area contributed by atoms with Gasteiger partial charge in [-0.2, -0.15) is 0 Å². The predicted molar refractivity (Wildman–Crippen MR) is 79.4 cm³/mol. The van der Waals surface area contributed by atoms with Crippen molar-refractivity contribution < 1.29 is 4.74 Å². The molecular weight excluding hydrogens is 242 g/mol. The molecule has 0 aliphatic heterocycles. The third kappa shape index (κ3) is 3.37. The molecule has 0 saturated heterocycles. The van der Waals surface area contributed by atoms with E-state index in [1.54, 1.807) is 11.8 Å². The standard InChI is InChI=1S/C15H15NOS/c1-12-10-13(16-11-18-2)8-9-15(12)17-14-6-4-3-5-7-14/h3-11H,1-2H3. The first-order chi connectivity index (χ1) is 8.79. The number of nitrogens with zero attached hydrogens (tertiary/aromatic N) is 1. The fourth-order valence-electron chi connectivity index (χ4n) is 1.56. The Labute approximate surface area is 112 Å². The van der Waals surface area contributed by atoms with Crippen molar-refractivity contribution >= 4 is 23.0 Å². The number of hydrogen-bond donors (Lipinski definition) is 0. The molecule has 2 aromatic carbocycles. The third-order valence-electron chi connectivity index (χ3n) is 2.44. The highest BCUT2D eigenvalue weighted by molar-refractivity contribution is 8.11. The predicted octanol–water partition coefficient (Wildman–Crippen LogP) is 4.81. The first-order valence-electron chi connectivity index (χ1n) is 5.68. The van der Waals surface area contributed by atoms with Crippen molar-refractivity contribution in [2.24, 2.45) is 4.99 Å². The second-order valence-electron chi connectivity index (χ2n) is 3.84. The molecule has 0 amide bonds. The number of para-hydroxylation sites is 1. The molecule has 2 nitrogen and oxygen atoms in total. The highest BCUT2D eigenvalue weighted by Crippen LogP contribution is 2.28. The van der Waals surface area contributed by atoms with E-state index in [4.69, 9.17) is 4.74 Å². The van der Waals surface area contributed by atoms with Crippen LogP contribution >= 0.6 is 11.8 Å². The van der Waals surface area contributed by atoms with Gasteiger partial charge in [-0.1, -0.05) is 18.2 Å². The second kappa shape index (κ2) is 6.26. The summed E-state index contributed by atoms with van der Waals surface area (Å²) >= 11 is 1.59. The Kier molecular flexibility index (Phi) is 4.42. The Morgan fingerprint density at radius 3 is 2.56 bits per heavy atom. The van der Waals surface area contributed by atoms with Crippen molar-refractivity contribution in [2.45, 2.75) is 6.92 Å². The normalized spacial score (nSPS) is 10.8. The number of rotatable bonds is 4. The van der Waals surface area contributed by atoms with Gasteiger partial charge in [0.05, 0.1) is 11.2 Å². The monoisotopic (exact) mass is 257 g/mol. The molecule has 92 valence electrons. The molecule has 0 bridgehead atoms. The van der Waals surface area contributed by atoms with Crippen LogP contribution in [0.1, 0.15) is 5.56 Å². The molecule has 2 rings (SSSR count). The molecule has 0 fully saturated rings. The van der Waals surface area contributed by atoms with Crippen molar-refractivity contribution in [3.05, 3.63) is 54.1 Å². The smallest absolute Gasteiger partial charge is 0.130 e. The lowest BCUT2D eigenvalue weighted by Crippen LogP contribution is -1.86. The van der Waals surface area contributed by atoms with Gasteiger partial charge in [0.1, 0.15) is 11.5 Å². The first-order valence-corrected chi connectivity index (χ1v) is 6.97. The minimum absolute atomic E-state index is 0.848. The summed E-state index contributed by atoms with van der Waals surface area (Å²) in [5, 5.41) is 0. The summed E-state index contributed by atoms with van der Waals surface area (Å²) in [5.74, 6) is 1.71. The van der Waals surface area contributed by atoms with E-state index in [1.807, 2.05) is 67.3 Å². The average molecular weight is 257 g/mol. The summed E-state index contributed by atoms with van der Waals surface area (Å²) in [6.45, 7) is 2.02. The molecule has 0 radical (unpaired) electrons. The van der Waals surface area contributed by atoms with Crippen LogP contribution in [0.3, 0.4) is 0 Å². The summed E-state index contributed by atoms with van der Waals surface area (Å²) in [5.41, 5.74) is 3.85. The van der Waals surface area contributed by atoms with E-state index in [0.29, 0.717) is 0 Å². The van der Waals surface area contributed by atoms with Crippen LogP contribution in [-0.4, -0.2) is 11.8 Å². The molecule has 18 heavy (non-hydrogen) atoms. The van der Waals surface area contributed by atoms with Crippen LogP contribution in [0.5, 0.6) is 11.5 Å². The maximum absolute atomic E-state index is 5.81. The fraction of sp³-hybridized carbons (Fsp3) is 0.133. The SMILES string of the molecule is CSC=Nc1ccc(Oc2ccccc2)c(C)c1. The Morgan fingerprint density at radius 2 is 1.89 bits per heavy atom. The summed E-state index contributed by atoms with van der Waals surface area (Å²) in [4.78, 5) is 4.32. The summed E-state index contributed by atoms with van der Waals surface area (Å²) in [7, 11) is 0. The maximum atomic E-state index is 5.81. The lowest BCUT2D eigenvalue weighted by molar-refractivity contribution is 0.479. The molecule has 0 heterocycles. The average Bonchev–Trinajstić information content (AvgIpc) is 2.40. The van der Waals surface area contributed by atoms with Gasteiger partial charge in [-0.15, -0.1) is 11.8 Å². The molecule has 0 N–H and O–H groups in total. The summed E-state index contributed by atoms with van der Waals surface area (Å²) < 4.78 is 5.81. The number of ether oxygens (including phenoxy) is 1. The minimum Gasteiger partial charge on any atom is -0.457 e. The van der Waals surface area contributed by atoms with Crippen LogP contribution in [-0.2, 0) is 0 Å². The molecule has 0 aliphatic rings. The van der Waals surface area contributed by atoms with Crippen molar-refractivity contribution in [2.75, 3.05) is 6.26 Å². The Morgan fingerprint density at radius 1 is 1.11 bits per heavy atom. The van der Waals surface area contributed by atoms with Crippen molar-refractivity contribution in [3.63, 3.8) is 0 Å². The number of aryl methyl sites for hydroxylation is 1. The van der Waals surface area contributed by atoms with Crippen LogP contribution in [0.15, 0.2) is 53.5 Å². The molecule has 2 aromatic rings. The highest BCUT2D eigenvalue weighted by Gasteiger charge is 2.01. The van der Waals surface area contributed by atoms with Crippen LogP contribution in [0.4, 0.5) is 5.69 Å². The molecule has 0 aromatic heterocycles. The van der Waals surface area contributed by atoms with E-state index in [-0.39, 0.29) is 0 Å². The van der Waals surface area contributed by atoms with Crippen molar-refractivity contribution in [3.8, 4) is 11.5 Å². The molecule has 3 heteroatoms. The highest BCUT2D eigenvalue weighted by atomic mass is 32.2. The van der Waals surface area contributed by atoms with Gasteiger partial charge in [-0.3, -0.25) is 4.99 Å². The zero-order valence-electron chi connectivity index (χ0n) is 10.5. The van der Waals surface area contributed by atoms with E-state index in [2.05, 4.69) is 4.99 Å². The quantitative estimate of drug-likeness (QED) is 0.579. The first kappa shape index (κ1) is 12.7. The van der Waals surface area contributed by atoms with Crippen LogP contribution < -0.4 is 4.74 Å². The van der Waals surface area contributed by atoms with E-state index in [1.165, 1.54) is 0 Å². The van der Waals surface area contributed by atoms with Crippen LogP contribution in [0, 0.1) is 6.92 Å². The minimum atomic E-state index is 0.848. The second-order valence-corrected chi connectivity index (χ2v) is 4.52. The van der Waals surface area contributed by atoms with Gasteiger partial charge in [0.25, 0.3) is 0 Å². The maximum Gasteiger partial charge on any atom is 0.130 e. The van der Waals surface area contributed by atoms with Gasteiger partial charge >= 0.3 is 0 Å². The molecule has 0 spiro atoms. The van der Waals surface area contributed by atoms with Gasteiger partial charge in [0.15, 0.2) is 0 Å².